The van der Waals surface area contributed by atoms with Crippen molar-refractivity contribution >= 4 is 11.8 Å². The van der Waals surface area contributed by atoms with Crippen molar-refractivity contribution in [1.82, 2.24) is 10.2 Å². The second kappa shape index (κ2) is 9.44. The molecule has 0 aliphatic rings. The summed E-state index contributed by atoms with van der Waals surface area (Å²) >= 11 is 0. The van der Waals surface area contributed by atoms with E-state index in [1.807, 2.05) is 24.3 Å². The van der Waals surface area contributed by atoms with E-state index in [1.54, 1.807) is 20.9 Å². The second-order valence-electron chi connectivity index (χ2n) is 7.16. The first-order valence-electron chi connectivity index (χ1n) is 9.32. The molecule has 1 atom stereocenters. The number of aryl methyl sites for hydroxylation is 1. The van der Waals surface area contributed by atoms with Crippen LogP contribution in [0.25, 0.3) is 0 Å². The number of carbonyl (C=O) groups excluding carboxylic acids is 2. The van der Waals surface area contributed by atoms with Gasteiger partial charge in [-0.3, -0.25) is 9.59 Å². The van der Waals surface area contributed by atoms with Crippen LogP contribution in [0.5, 0.6) is 0 Å². The van der Waals surface area contributed by atoms with Crippen LogP contribution < -0.4 is 5.32 Å². The Bertz CT molecular complexity index is 815. The van der Waals surface area contributed by atoms with Crippen molar-refractivity contribution in [3.8, 4) is 0 Å². The monoisotopic (exact) mass is 388 g/mol. The molecule has 28 heavy (non-hydrogen) atoms. The van der Waals surface area contributed by atoms with E-state index in [4.69, 9.17) is 0 Å². The van der Waals surface area contributed by atoms with Crippen LogP contribution in [0.15, 0.2) is 42.5 Å². The Morgan fingerprint density at radius 2 is 1.54 bits per heavy atom. The molecule has 1 N–H and O–H groups in total. The predicted octanol–water partition coefficient (Wildman–Crippen LogP) is 3.94. The van der Waals surface area contributed by atoms with E-state index in [9.17, 15) is 18.4 Å². The maximum absolute atomic E-state index is 13.9. The third kappa shape index (κ3) is 5.15. The topological polar surface area (TPSA) is 49.4 Å². The lowest BCUT2D eigenvalue weighted by atomic mass is 10.0. The van der Waals surface area contributed by atoms with Crippen LogP contribution in [0.4, 0.5) is 8.78 Å². The van der Waals surface area contributed by atoms with Crippen molar-refractivity contribution in [2.24, 2.45) is 5.92 Å². The third-order valence-electron chi connectivity index (χ3n) is 4.64. The van der Waals surface area contributed by atoms with E-state index in [0.717, 1.165) is 24.1 Å². The largest absolute Gasteiger partial charge is 0.340 e. The lowest BCUT2D eigenvalue weighted by Gasteiger charge is -2.27. The molecule has 2 aromatic carbocycles. The summed E-state index contributed by atoms with van der Waals surface area (Å²) in [6.07, 6.45) is 0.934. The molecular weight excluding hydrogens is 362 g/mol. The highest BCUT2D eigenvalue weighted by Gasteiger charge is 2.29. The molecule has 0 saturated heterocycles. The van der Waals surface area contributed by atoms with Gasteiger partial charge in [0.15, 0.2) is 0 Å². The Morgan fingerprint density at radius 3 is 2.04 bits per heavy atom. The van der Waals surface area contributed by atoms with E-state index >= 15 is 0 Å². The van der Waals surface area contributed by atoms with Crippen LogP contribution in [-0.4, -0.2) is 29.8 Å². The van der Waals surface area contributed by atoms with Crippen LogP contribution in [-0.2, 0) is 17.8 Å². The molecule has 0 saturated carbocycles. The Balaban J connectivity index is 2.13. The number of carbonyl (C=O) groups is 2. The summed E-state index contributed by atoms with van der Waals surface area (Å²) in [4.78, 5) is 26.8. The summed E-state index contributed by atoms with van der Waals surface area (Å²) < 4.78 is 27.7. The van der Waals surface area contributed by atoms with Gasteiger partial charge in [-0.2, -0.15) is 0 Å². The first-order chi connectivity index (χ1) is 13.2. The Labute approximate surface area is 164 Å². The molecule has 6 heteroatoms. The van der Waals surface area contributed by atoms with Crippen molar-refractivity contribution < 1.29 is 18.4 Å². The van der Waals surface area contributed by atoms with Crippen LogP contribution >= 0.6 is 0 Å². The quantitative estimate of drug-likeness (QED) is 0.781. The van der Waals surface area contributed by atoms with E-state index in [2.05, 4.69) is 12.2 Å². The fraction of sp³-hybridized carbons (Fsp3) is 0.364. The standard InChI is InChI=1S/C22H26F2N2O2/c1-5-15-9-11-16(12-10-15)13-26(4)22(28)20(14(2)3)25-21(27)19-17(23)7-6-8-18(19)24/h6-12,14,20H,5,13H2,1-4H3,(H,25,27)/t20-/m0/s1. The SMILES string of the molecule is CCc1ccc(CN(C)C(=O)[C@@H](NC(=O)c2c(F)cccc2F)C(C)C)cc1. The molecule has 0 aliphatic carbocycles. The van der Waals surface area contributed by atoms with Gasteiger partial charge in [-0.15, -0.1) is 0 Å². The smallest absolute Gasteiger partial charge is 0.257 e. The number of benzene rings is 2. The molecule has 2 aromatic rings. The highest BCUT2D eigenvalue weighted by atomic mass is 19.1. The summed E-state index contributed by atoms with van der Waals surface area (Å²) in [5.41, 5.74) is 1.48. The van der Waals surface area contributed by atoms with Crippen LogP contribution in [0.3, 0.4) is 0 Å². The summed E-state index contributed by atoms with van der Waals surface area (Å²) in [5.74, 6) is -3.44. The van der Waals surface area contributed by atoms with Crippen LogP contribution in [0.2, 0.25) is 0 Å². The minimum atomic E-state index is -0.961. The van der Waals surface area contributed by atoms with Gasteiger partial charge in [-0.25, -0.2) is 8.78 Å². The predicted molar refractivity (Wildman–Crippen MR) is 105 cm³/mol. The molecule has 0 radical (unpaired) electrons. The van der Waals surface area contributed by atoms with Gasteiger partial charge in [0.25, 0.3) is 5.91 Å². The fourth-order valence-corrected chi connectivity index (χ4v) is 2.91. The lowest BCUT2D eigenvalue weighted by Crippen LogP contribution is -2.50. The molecule has 150 valence electrons. The molecule has 0 spiro atoms. The third-order valence-corrected chi connectivity index (χ3v) is 4.64. The van der Waals surface area contributed by atoms with Crippen LogP contribution in [0.1, 0.15) is 42.3 Å². The summed E-state index contributed by atoms with van der Waals surface area (Å²) in [7, 11) is 1.64. The zero-order valence-electron chi connectivity index (χ0n) is 16.6. The normalized spacial score (nSPS) is 12.0. The fourth-order valence-electron chi connectivity index (χ4n) is 2.91. The highest BCUT2D eigenvalue weighted by Crippen LogP contribution is 2.15. The maximum Gasteiger partial charge on any atom is 0.257 e. The molecule has 0 aromatic heterocycles. The first kappa shape index (κ1) is 21.5. The average molecular weight is 388 g/mol. The van der Waals surface area contributed by atoms with Gasteiger partial charge in [-0.1, -0.05) is 51.1 Å². The first-order valence-corrected chi connectivity index (χ1v) is 9.32. The van der Waals surface area contributed by atoms with Crippen LogP contribution in [0, 0.1) is 17.6 Å². The van der Waals surface area contributed by atoms with E-state index in [0.29, 0.717) is 6.54 Å². The molecule has 0 bridgehead atoms. The Kier molecular flexibility index (Phi) is 7.26. The van der Waals surface area contributed by atoms with Gasteiger partial charge in [0.05, 0.1) is 0 Å². The number of hydrogen-bond acceptors (Lipinski definition) is 2. The molecule has 0 aliphatic heterocycles. The van der Waals surface area contributed by atoms with E-state index < -0.39 is 29.1 Å². The van der Waals surface area contributed by atoms with Gasteiger partial charge in [0.1, 0.15) is 23.2 Å². The number of hydrogen-bond donors (Lipinski definition) is 1. The zero-order valence-corrected chi connectivity index (χ0v) is 16.6. The molecular formula is C22H26F2N2O2. The van der Waals surface area contributed by atoms with Crippen molar-refractivity contribution in [1.29, 1.82) is 0 Å². The van der Waals surface area contributed by atoms with Gasteiger partial charge in [0.2, 0.25) is 5.91 Å². The molecule has 2 amide bonds. The van der Waals surface area contributed by atoms with Crippen molar-refractivity contribution in [2.75, 3.05) is 7.05 Å². The summed E-state index contributed by atoms with van der Waals surface area (Å²) in [6, 6.07) is 10.2. The van der Waals surface area contributed by atoms with Crippen molar-refractivity contribution in [3.63, 3.8) is 0 Å². The molecule has 0 unspecified atom stereocenters. The maximum atomic E-state index is 13.9. The van der Waals surface area contributed by atoms with Gasteiger partial charge >= 0.3 is 0 Å². The molecule has 0 fully saturated rings. The van der Waals surface area contributed by atoms with Gasteiger partial charge in [0, 0.05) is 13.6 Å². The van der Waals surface area contributed by atoms with Gasteiger partial charge in [-0.05, 0) is 35.6 Å². The second-order valence-corrected chi connectivity index (χ2v) is 7.16. The molecule has 0 heterocycles. The Morgan fingerprint density at radius 1 is 1.00 bits per heavy atom. The average Bonchev–Trinajstić information content (AvgIpc) is 2.65. The Hall–Kier alpha value is -2.76. The number of nitrogens with zero attached hydrogens (tertiary/aromatic N) is 1. The summed E-state index contributed by atoms with van der Waals surface area (Å²) in [5, 5.41) is 2.49. The molecule has 2 rings (SSSR count). The lowest BCUT2D eigenvalue weighted by molar-refractivity contribution is -0.133. The minimum Gasteiger partial charge on any atom is -0.340 e. The summed E-state index contributed by atoms with van der Waals surface area (Å²) in [6.45, 7) is 5.98. The minimum absolute atomic E-state index is 0.254. The highest BCUT2D eigenvalue weighted by molar-refractivity contribution is 5.98. The van der Waals surface area contributed by atoms with E-state index in [-0.39, 0.29) is 11.8 Å². The number of halogens is 2. The number of nitrogens with one attached hydrogen (secondary N) is 1. The van der Waals surface area contributed by atoms with Crippen molar-refractivity contribution in [2.45, 2.75) is 39.8 Å². The van der Waals surface area contributed by atoms with Crippen molar-refractivity contribution in [3.05, 3.63) is 70.8 Å². The van der Waals surface area contributed by atoms with E-state index in [1.165, 1.54) is 16.5 Å². The zero-order chi connectivity index (χ0) is 20.8. The number of rotatable bonds is 7. The number of likely N-dealkylation sites (N-methyl/N-ethyl adjacent to an activating group) is 1. The molecule has 4 nitrogen and oxygen atoms in total. The van der Waals surface area contributed by atoms with Gasteiger partial charge < -0.3 is 10.2 Å². The number of amides is 2.